The molecule has 0 heterocycles. The Morgan fingerprint density at radius 3 is 2.55 bits per heavy atom. The lowest BCUT2D eigenvalue weighted by Gasteiger charge is -2.21. The first kappa shape index (κ1) is 18.7. The normalized spacial score (nSPS) is 10.3. The van der Waals surface area contributed by atoms with Gasteiger partial charge in [-0.3, -0.25) is 9.59 Å². The zero-order valence-electron chi connectivity index (χ0n) is 13.4. The SMILES string of the molecule is CCCCCN(CCNC(=O)Cc1ccccc1Br)C(C)=O. The molecule has 22 heavy (non-hydrogen) atoms. The van der Waals surface area contributed by atoms with Gasteiger partial charge in [0, 0.05) is 31.0 Å². The molecule has 0 aliphatic rings. The van der Waals surface area contributed by atoms with Crippen LogP contribution in [0.2, 0.25) is 0 Å². The average Bonchev–Trinajstić information content (AvgIpc) is 2.48. The highest BCUT2D eigenvalue weighted by Gasteiger charge is 2.09. The van der Waals surface area contributed by atoms with Crippen LogP contribution in [0.25, 0.3) is 0 Å². The van der Waals surface area contributed by atoms with E-state index in [0.29, 0.717) is 19.5 Å². The molecule has 122 valence electrons. The van der Waals surface area contributed by atoms with E-state index in [4.69, 9.17) is 0 Å². The Kier molecular flexibility index (Phi) is 8.82. The van der Waals surface area contributed by atoms with Gasteiger partial charge in [0.25, 0.3) is 0 Å². The van der Waals surface area contributed by atoms with Crippen LogP contribution in [0, 0.1) is 0 Å². The van der Waals surface area contributed by atoms with Crippen molar-refractivity contribution in [3.05, 3.63) is 34.3 Å². The molecule has 4 nitrogen and oxygen atoms in total. The summed E-state index contributed by atoms with van der Waals surface area (Å²) in [6, 6.07) is 7.69. The molecular weight excluding hydrogens is 344 g/mol. The summed E-state index contributed by atoms with van der Waals surface area (Å²) in [4.78, 5) is 25.3. The molecule has 0 aliphatic carbocycles. The Morgan fingerprint density at radius 2 is 1.91 bits per heavy atom. The third-order valence-electron chi connectivity index (χ3n) is 3.49. The minimum atomic E-state index is -0.0241. The minimum Gasteiger partial charge on any atom is -0.354 e. The highest BCUT2D eigenvalue weighted by atomic mass is 79.9. The van der Waals surface area contributed by atoms with E-state index in [1.165, 1.54) is 0 Å². The maximum atomic E-state index is 11.9. The summed E-state index contributed by atoms with van der Waals surface area (Å²) in [5, 5.41) is 2.88. The molecule has 0 unspecified atom stereocenters. The van der Waals surface area contributed by atoms with Crippen molar-refractivity contribution in [2.24, 2.45) is 0 Å². The van der Waals surface area contributed by atoms with Crippen molar-refractivity contribution >= 4 is 27.7 Å². The van der Waals surface area contributed by atoms with Crippen LogP contribution >= 0.6 is 15.9 Å². The number of carbonyl (C=O) groups is 2. The van der Waals surface area contributed by atoms with Crippen molar-refractivity contribution in [3.63, 3.8) is 0 Å². The smallest absolute Gasteiger partial charge is 0.224 e. The van der Waals surface area contributed by atoms with E-state index in [9.17, 15) is 9.59 Å². The fourth-order valence-electron chi connectivity index (χ4n) is 2.19. The molecule has 2 amide bonds. The van der Waals surface area contributed by atoms with Crippen molar-refractivity contribution in [1.82, 2.24) is 10.2 Å². The summed E-state index contributed by atoms with van der Waals surface area (Å²) >= 11 is 3.44. The van der Waals surface area contributed by atoms with Crippen molar-refractivity contribution in [2.45, 2.75) is 39.5 Å². The van der Waals surface area contributed by atoms with E-state index in [1.807, 2.05) is 24.3 Å². The predicted molar refractivity (Wildman–Crippen MR) is 92.6 cm³/mol. The molecule has 0 spiro atoms. The number of unbranched alkanes of at least 4 members (excludes halogenated alkanes) is 2. The predicted octanol–water partition coefficient (Wildman–Crippen LogP) is 3.15. The standard InChI is InChI=1S/C17H25BrN2O2/c1-3-4-7-11-20(14(2)21)12-10-19-17(22)13-15-8-5-6-9-16(15)18/h5-6,8-9H,3-4,7,10-13H2,1-2H3,(H,19,22). The Hall–Kier alpha value is -1.36. The van der Waals surface area contributed by atoms with Crippen LogP contribution in [0.4, 0.5) is 0 Å². The van der Waals surface area contributed by atoms with Gasteiger partial charge in [-0.15, -0.1) is 0 Å². The maximum absolute atomic E-state index is 11.9. The van der Waals surface area contributed by atoms with Gasteiger partial charge < -0.3 is 10.2 Å². The monoisotopic (exact) mass is 368 g/mol. The summed E-state index contributed by atoms with van der Waals surface area (Å²) in [5.74, 6) is 0.0418. The van der Waals surface area contributed by atoms with Gasteiger partial charge in [0.2, 0.25) is 11.8 Å². The van der Waals surface area contributed by atoms with Gasteiger partial charge in [0.15, 0.2) is 0 Å². The van der Waals surface area contributed by atoms with E-state index in [0.717, 1.165) is 35.8 Å². The van der Waals surface area contributed by atoms with Crippen LogP contribution in [0.3, 0.4) is 0 Å². The highest BCUT2D eigenvalue weighted by Crippen LogP contribution is 2.16. The largest absolute Gasteiger partial charge is 0.354 e. The number of halogens is 1. The first-order chi connectivity index (χ1) is 10.5. The third kappa shape index (κ3) is 7.07. The van der Waals surface area contributed by atoms with Crippen LogP contribution in [0.1, 0.15) is 38.7 Å². The second-order valence-corrected chi connectivity index (χ2v) is 6.19. The fourth-order valence-corrected chi connectivity index (χ4v) is 2.61. The molecule has 1 aromatic rings. The number of carbonyl (C=O) groups excluding carboxylic acids is 2. The van der Waals surface area contributed by atoms with Gasteiger partial charge >= 0.3 is 0 Å². The molecule has 1 aromatic carbocycles. The van der Waals surface area contributed by atoms with Crippen molar-refractivity contribution in [2.75, 3.05) is 19.6 Å². The van der Waals surface area contributed by atoms with Gasteiger partial charge in [0.05, 0.1) is 6.42 Å². The molecule has 0 saturated carbocycles. The van der Waals surface area contributed by atoms with Crippen molar-refractivity contribution < 1.29 is 9.59 Å². The molecule has 1 rings (SSSR count). The lowest BCUT2D eigenvalue weighted by molar-refractivity contribution is -0.129. The van der Waals surface area contributed by atoms with Gasteiger partial charge in [0.1, 0.15) is 0 Å². The highest BCUT2D eigenvalue weighted by molar-refractivity contribution is 9.10. The Bertz CT molecular complexity index is 491. The zero-order chi connectivity index (χ0) is 16.4. The molecule has 0 aliphatic heterocycles. The molecular formula is C17H25BrN2O2. The molecule has 0 bridgehead atoms. The van der Waals surface area contributed by atoms with Crippen LogP contribution < -0.4 is 5.32 Å². The fraction of sp³-hybridized carbons (Fsp3) is 0.529. The van der Waals surface area contributed by atoms with E-state index in [-0.39, 0.29) is 11.8 Å². The number of nitrogens with zero attached hydrogens (tertiary/aromatic N) is 1. The van der Waals surface area contributed by atoms with E-state index in [1.54, 1.807) is 11.8 Å². The lowest BCUT2D eigenvalue weighted by atomic mass is 10.1. The number of nitrogens with one attached hydrogen (secondary N) is 1. The van der Waals surface area contributed by atoms with Gasteiger partial charge in [-0.2, -0.15) is 0 Å². The molecule has 0 atom stereocenters. The van der Waals surface area contributed by atoms with Crippen LogP contribution in [0.15, 0.2) is 28.7 Å². The van der Waals surface area contributed by atoms with E-state index >= 15 is 0 Å². The summed E-state index contributed by atoms with van der Waals surface area (Å²) in [6.45, 7) is 5.55. The topological polar surface area (TPSA) is 49.4 Å². The summed E-state index contributed by atoms with van der Waals surface area (Å²) in [5.41, 5.74) is 0.964. The molecule has 1 N–H and O–H groups in total. The first-order valence-electron chi connectivity index (χ1n) is 7.80. The van der Waals surface area contributed by atoms with Crippen molar-refractivity contribution in [1.29, 1.82) is 0 Å². The second kappa shape index (κ2) is 10.4. The van der Waals surface area contributed by atoms with Crippen LogP contribution in [-0.2, 0) is 16.0 Å². The Labute approximate surface area is 141 Å². The number of hydrogen-bond donors (Lipinski definition) is 1. The number of benzene rings is 1. The van der Waals surface area contributed by atoms with Crippen molar-refractivity contribution in [3.8, 4) is 0 Å². The average molecular weight is 369 g/mol. The quantitative estimate of drug-likeness (QED) is 0.680. The minimum absolute atomic E-state index is 0.0241. The Morgan fingerprint density at radius 1 is 1.18 bits per heavy atom. The van der Waals surface area contributed by atoms with Crippen LogP contribution in [-0.4, -0.2) is 36.3 Å². The molecule has 0 fully saturated rings. The Balaban J connectivity index is 2.33. The number of rotatable bonds is 9. The lowest BCUT2D eigenvalue weighted by Crippen LogP contribution is -2.38. The van der Waals surface area contributed by atoms with Gasteiger partial charge in [-0.1, -0.05) is 53.9 Å². The summed E-state index contributed by atoms with van der Waals surface area (Å²) in [6.07, 6.45) is 3.62. The molecule has 5 heteroatoms. The van der Waals surface area contributed by atoms with Crippen LogP contribution in [0.5, 0.6) is 0 Å². The number of hydrogen-bond acceptors (Lipinski definition) is 2. The van der Waals surface area contributed by atoms with Gasteiger partial charge in [-0.05, 0) is 18.1 Å². The molecule has 0 radical (unpaired) electrons. The number of amides is 2. The van der Waals surface area contributed by atoms with E-state index in [2.05, 4.69) is 28.2 Å². The molecule has 0 aromatic heterocycles. The first-order valence-corrected chi connectivity index (χ1v) is 8.59. The third-order valence-corrected chi connectivity index (χ3v) is 4.26. The molecule has 0 saturated heterocycles. The summed E-state index contributed by atoms with van der Waals surface area (Å²) < 4.78 is 0.940. The summed E-state index contributed by atoms with van der Waals surface area (Å²) in [7, 11) is 0. The maximum Gasteiger partial charge on any atom is 0.224 e. The van der Waals surface area contributed by atoms with Gasteiger partial charge in [-0.25, -0.2) is 0 Å². The zero-order valence-corrected chi connectivity index (χ0v) is 15.0. The van der Waals surface area contributed by atoms with E-state index < -0.39 is 0 Å². The second-order valence-electron chi connectivity index (χ2n) is 5.33.